The number of hydrogen-bond donors (Lipinski definition) is 2. The van der Waals surface area contributed by atoms with E-state index in [1.165, 1.54) is 36.4 Å². The molecule has 0 radical (unpaired) electrons. The second-order valence-electron chi connectivity index (χ2n) is 11.8. The first-order chi connectivity index (χ1) is 21.1. The van der Waals surface area contributed by atoms with Crippen molar-refractivity contribution >= 4 is 17.5 Å². The second kappa shape index (κ2) is 15.1. The van der Waals surface area contributed by atoms with Crippen LogP contribution in [0.25, 0.3) is 0 Å². The van der Waals surface area contributed by atoms with Crippen LogP contribution in [0.15, 0.2) is 60.7 Å². The Morgan fingerprint density at radius 2 is 1.09 bits per heavy atom. The first-order valence-corrected chi connectivity index (χ1v) is 15.2. The number of nitro groups is 2. The third-order valence-electron chi connectivity index (χ3n) is 8.53. The summed E-state index contributed by atoms with van der Waals surface area (Å²) >= 11 is 0. The van der Waals surface area contributed by atoms with Crippen molar-refractivity contribution in [2.24, 2.45) is 0 Å². The summed E-state index contributed by atoms with van der Waals surface area (Å²) in [6, 6.07) is 7.77. The fourth-order valence-electron chi connectivity index (χ4n) is 5.91. The van der Waals surface area contributed by atoms with Gasteiger partial charge in [-0.15, -0.1) is 0 Å². The summed E-state index contributed by atoms with van der Waals surface area (Å²) in [6.45, 7) is 0. The Morgan fingerprint density at radius 1 is 0.682 bits per heavy atom. The molecule has 2 aromatic rings. The number of carbonyl (C=O) groups excluding carboxylic acids is 1. The van der Waals surface area contributed by atoms with Crippen LogP contribution in [0.3, 0.4) is 0 Å². The van der Waals surface area contributed by atoms with E-state index in [9.17, 15) is 35.2 Å². The molecular weight excluding hydrogens is 568 g/mol. The first kappa shape index (κ1) is 32.8. The van der Waals surface area contributed by atoms with E-state index in [0.29, 0.717) is 49.7 Å². The number of rotatable bonds is 10. The molecule has 44 heavy (non-hydrogen) atoms. The van der Waals surface area contributed by atoms with E-state index in [4.69, 9.17) is 9.47 Å². The van der Waals surface area contributed by atoms with Gasteiger partial charge in [-0.2, -0.15) is 0 Å². The van der Waals surface area contributed by atoms with Gasteiger partial charge in [-0.1, -0.05) is 24.3 Å². The van der Waals surface area contributed by atoms with Crippen molar-refractivity contribution in [3.63, 3.8) is 0 Å². The average Bonchev–Trinajstić information content (AvgIpc) is 2.96. The normalized spacial score (nSPS) is 23.7. The lowest BCUT2D eigenvalue weighted by Gasteiger charge is -2.29. The lowest BCUT2D eigenvalue weighted by molar-refractivity contribution is -0.385. The maximum atomic E-state index is 13.0. The van der Waals surface area contributed by atoms with Crippen LogP contribution in [0, 0.1) is 20.2 Å². The standard InChI is InChI=1S/C33H40N2O9/c36-31(43-29-13-11-27(34(39)40)23-25(29)15-21-32(37)17-7-3-1-4-8-18-32)44-30-14-12-28(35(41)42)24-26(30)16-22-33(38)19-9-5-2-6-10-20-33/h1-3,5,11-14,23-24,37-38H,4,6-10,15-22H2/b3-1-,5-2-/t32-,33-/m0/s1. The fourth-order valence-corrected chi connectivity index (χ4v) is 5.91. The number of allylic oxidation sites excluding steroid dienone is 4. The maximum absolute atomic E-state index is 13.0. The van der Waals surface area contributed by atoms with Gasteiger partial charge in [-0.25, -0.2) is 4.79 Å². The molecule has 0 spiro atoms. The SMILES string of the molecule is O=C(Oc1ccc([N+](=O)[O-])cc1CC[C@]1(O)CC/C=C\CCC1)Oc1ccc([N+](=O)[O-])cc1CC[C@]1(O)CC/C=C\CCC1. The molecule has 0 fully saturated rings. The molecule has 0 bridgehead atoms. The van der Waals surface area contributed by atoms with Gasteiger partial charge in [0.1, 0.15) is 11.5 Å². The molecule has 0 aliphatic heterocycles. The molecule has 0 saturated heterocycles. The van der Waals surface area contributed by atoms with Crippen LogP contribution in [0.5, 0.6) is 11.5 Å². The van der Waals surface area contributed by atoms with Gasteiger partial charge in [0.25, 0.3) is 11.4 Å². The smallest absolute Gasteiger partial charge is 0.394 e. The maximum Gasteiger partial charge on any atom is 0.519 e. The molecule has 4 rings (SSSR count). The van der Waals surface area contributed by atoms with Gasteiger partial charge in [0.2, 0.25) is 0 Å². The zero-order valence-electron chi connectivity index (χ0n) is 24.8. The number of aliphatic hydroxyl groups is 2. The van der Waals surface area contributed by atoms with Crippen molar-refractivity contribution < 1.29 is 34.3 Å². The Morgan fingerprint density at radius 3 is 1.50 bits per heavy atom. The minimum Gasteiger partial charge on any atom is -0.394 e. The number of aryl methyl sites for hydroxylation is 2. The molecule has 0 aromatic heterocycles. The van der Waals surface area contributed by atoms with Crippen LogP contribution in [0.4, 0.5) is 16.2 Å². The number of nitrogens with zero attached hydrogens (tertiary/aromatic N) is 2. The van der Waals surface area contributed by atoms with E-state index in [1.807, 2.05) is 12.2 Å². The Balaban J connectivity index is 1.50. The molecule has 2 N–H and O–H groups in total. The van der Waals surface area contributed by atoms with Gasteiger partial charge in [0.05, 0.1) is 21.0 Å². The Kier molecular flexibility index (Phi) is 11.2. The van der Waals surface area contributed by atoms with Crippen LogP contribution < -0.4 is 9.47 Å². The number of nitro benzene ring substituents is 2. The number of ether oxygens (including phenoxy) is 2. The number of benzene rings is 2. The van der Waals surface area contributed by atoms with Gasteiger partial charge in [0.15, 0.2) is 0 Å². The predicted molar refractivity (Wildman–Crippen MR) is 164 cm³/mol. The fraction of sp³-hybridized carbons (Fsp3) is 0.485. The summed E-state index contributed by atoms with van der Waals surface area (Å²) < 4.78 is 11.0. The molecule has 0 unspecified atom stereocenters. The van der Waals surface area contributed by atoms with Crippen LogP contribution in [0.2, 0.25) is 0 Å². The summed E-state index contributed by atoms with van der Waals surface area (Å²) in [4.78, 5) is 34.9. The summed E-state index contributed by atoms with van der Waals surface area (Å²) in [6.07, 6.45) is 15.5. The Hall–Kier alpha value is -4.09. The molecule has 0 heterocycles. The monoisotopic (exact) mass is 608 g/mol. The number of hydrogen-bond acceptors (Lipinski definition) is 9. The predicted octanol–water partition coefficient (Wildman–Crippen LogP) is 7.45. The molecule has 2 aliphatic carbocycles. The van der Waals surface area contributed by atoms with E-state index in [2.05, 4.69) is 12.2 Å². The van der Waals surface area contributed by atoms with Crippen molar-refractivity contribution in [3.8, 4) is 11.5 Å². The van der Waals surface area contributed by atoms with Gasteiger partial charge >= 0.3 is 6.16 Å². The van der Waals surface area contributed by atoms with Crippen molar-refractivity contribution in [2.75, 3.05) is 0 Å². The zero-order chi connectivity index (χ0) is 31.6. The first-order valence-electron chi connectivity index (χ1n) is 15.2. The number of carbonyl (C=O) groups is 1. The third kappa shape index (κ3) is 9.45. The Labute approximate surface area is 256 Å². The zero-order valence-corrected chi connectivity index (χ0v) is 24.8. The van der Waals surface area contributed by atoms with Gasteiger partial charge in [0, 0.05) is 35.4 Å². The highest BCUT2D eigenvalue weighted by molar-refractivity contribution is 5.69. The van der Waals surface area contributed by atoms with E-state index in [1.54, 1.807) is 0 Å². The summed E-state index contributed by atoms with van der Waals surface area (Å²) in [5.74, 6) is 0.130. The van der Waals surface area contributed by atoms with E-state index in [-0.39, 0.29) is 35.7 Å². The van der Waals surface area contributed by atoms with Crippen LogP contribution in [0.1, 0.15) is 88.2 Å². The minimum atomic E-state index is -1.11. The minimum absolute atomic E-state index is 0.0651. The lowest BCUT2D eigenvalue weighted by Crippen LogP contribution is -2.30. The molecule has 0 amide bonds. The van der Waals surface area contributed by atoms with Crippen molar-refractivity contribution in [2.45, 2.75) is 101 Å². The lowest BCUT2D eigenvalue weighted by atomic mass is 9.84. The average molecular weight is 609 g/mol. The molecule has 11 nitrogen and oxygen atoms in total. The topological polar surface area (TPSA) is 162 Å². The number of non-ortho nitro benzene ring substituents is 2. The third-order valence-corrected chi connectivity index (χ3v) is 8.53. The summed E-state index contributed by atoms with van der Waals surface area (Å²) in [5, 5.41) is 45.3. The molecule has 0 saturated carbocycles. The molecule has 236 valence electrons. The van der Waals surface area contributed by atoms with Crippen LogP contribution in [-0.2, 0) is 12.8 Å². The van der Waals surface area contributed by atoms with Crippen LogP contribution in [-0.4, -0.2) is 37.4 Å². The second-order valence-corrected chi connectivity index (χ2v) is 11.8. The largest absolute Gasteiger partial charge is 0.519 e. The van der Waals surface area contributed by atoms with Gasteiger partial charge in [-0.05, 0) is 102 Å². The van der Waals surface area contributed by atoms with Gasteiger partial charge < -0.3 is 19.7 Å². The molecule has 2 aliphatic rings. The van der Waals surface area contributed by atoms with E-state index < -0.39 is 27.2 Å². The summed E-state index contributed by atoms with van der Waals surface area (Å²) in [5.41, 5.74) is -1.48. The quantitative estimate of drug-likeness (QED) is 0.0917. The highest BCUT2D eigenvalue weighted by Crippen LogP contribution is 2.34. The van der Waals surface area contributed by atoms with Crippen molar-refractivity contribution in [1.82, 2.24) is 0 Å². The van der Waals surface area contributed by atoms with E-state index in [0.717, 1.165) is 38.5 Å². The van der Waals surface area contributed by atoms with Gasteiger partial charge in [-0.3, -0.25) is 20.2 Å². The van der Waals surface area contributed by atoms with Crippen LogP contribution >= 0.6 is 0 Å². The highest BCUT2D eigenvalue weighted by Gasteiger charge is 2.29. The van der Waals surface area contributed by atoms with E-state index >= 15 is 0 Å². The van der Waals surface area contributed by atoms with Crippen molar-refractivity contribution in [3.05, 3.63) is 92.1 Å². The summed E-state index contributed by atoms with van der Waals surface area (Å²) in [7, 11) is 0. The highest BCUT2D eigenvalue weighted by atomic mass is 16.7. The molecule has 2 aromatic carbocycles. The molecular formula is C33H40N2O9. The Bertz CT molecular complexity index is 1300. The molecule has 11 heteroatoms. The van der Waals surface area contributed by atoms with Crippen molar-refractivity contribution in [1.29, 1.82) is 0 Å². The molecule has 2 atom stereocenters.